The zero-order valence-corrected chi connectivity index (χ0v) is 8.84. The molecule has 2 rings (SSSR count). The second-order valence-electron chi connectivity index (χ2n) is 2.92. The van der Waals surface area contributed by atoms with Crippen molar-refractivity contribution >= 4 is 17.2 Å². The summed E-state index contributed by atoms with van der Waals surface area (Å²) in [6.45, 7) is 2.97. The van der Waals surface area contributed by atoms with Gasteiger partial charge in [0.05, 0.1) is 10.6 Å². The number of hydrogen-bond acceptors (Lipinski definition) is 3. The van der Waals surface area contributed by atoms with E-state index in [2.05, 4.69) is 28.7 Å². The fourth-order valence-electron chi connectivity index (χ4n) is 1.28. The highest BCUT2D eigenvalue weighted by molar-refractivity contribution is 7.13. The molecule has 0 radical (unpaired) electrons. The summed E-state index contributed by atoms with van der Waals surface area (Å²) in [6, 6.07) is 10.2. The van der Waals surface area contributed by atoms with Crippen LogP contribution >= 0.6 is 11.3 Å². The summed E-state index contributed by atoms with van der Waals surface area (Å²) >= 11 is 1.71. The summed E-state index contributed by atoms with van der Waals surface area (Å²) in [5, 5.41) is 5.27. The van der Waals surface area contributed by atoms with Crippen LogP contribution in [0.4, 0.5) is 5.82 Å². The van der Waals surface area contributed by atoms with Crippen molar-refractivity contribution in [2.45, 2.75) is 6.92 Å². The quantitative estimate of drug-likeness (QED) is 0.830. The van der Waals surface area contributed by atoms with E-state index in [4.69, 9.17) is 0 Å². The van der Waals surface area contributed by atoms with Gasteiger partial charge in [0, 0.05) is 6.54 Å². The molecule has 0 aliphatic carbocycles. The van der Waals surface area contributed by atoms with Crippen LogP contribution in [0.15, 0.2) is 35.7 Å². The van der Waals surface area contributed by atoms with E-state index in [0.29, 0.717) is 0 Å². The Labute approximate surface area is 87.6 Å². The molecule has 14 heavy (non-hydrogen) atoms. The van der Waals surface area contributed by atoms with Crippen molar-refractivity contribution in [3.05, 3.63) is 35.7 Å². The Balaban J connectivity index is 2.31. The van der Waals surface area contributed by atoms with E-state index < -0.39 is 0 Å². The minimum Gasteiger partial charge on any atom is -0.370 e. The highest BCUT2D eigenvalue weighted by Crippen LogP contribution is 2.23. The molecule has 1 N–H and O–H groups in total. The lowest BCUT2D eigenvalue weighted by atomic mass is 10.3. The monoisotopic (exact) mass is 204 g/mol. The van der Waals surface area contributed by atoms with Crippen molar-refractivity contribution in [2.75, 3.05) is 11.9 Å². The van der Waals surface area contributed by atoms with Crippen molar-refractivity contribution in [3.8, 4) is 10.6 Å². The number of rotatable bonds is 3. The summed E-state index contributed by atoms with van der Waals surface area (Å²) < 4.78 is 0. The molecule has 0 aromatic carbocycles. The Morgan fingerprint density at radius 1 is 1.29 bits per heavy atom. The number of thiophene rings is 1. The molecule has 2 aromatic heterocycles. The van der Waals surface area contributed by atoms with E-state index in [1.165, 1.54) is 4.88 Å². The largest absolute Gasteiger partial charge is 0.370 e. The Kier molecular flexibility index (Phi) is 2.79. The molecule has 0 saturated carbocycles. The van der Waals surface area contributed by atoms with Gasteiger partial charge in [-0.15, -0.1) is 11.3 Å². The molecule has 0 amide bonds. The van der Waals surface area contributed by atoms with Gasteiger partial charge in [0.1, 0.15) is 5.82 Å². The summed E-state index contributed by atoms with van der Waals surface area (Å²) in [5.41, 5.74) is 1.04. The molecular weight excluding hydrogens is 192 g/mol. The summed E-state index contributed by atoms with van der Waals surface area (Å²) in [6.07, 6.45) is 0. The molecule has 2 heterocycles. The van der Waals surface area contributed by atoms with Gasteiger partial charge in [-0.3, -0.25) is 0 Å². The maximum atomic E-state index is 4.50. The molecule has 2 nitrogen and oxygen atoms in total. The first-order valence-corrected chi connectivity index (χ1v) is 5.53. The summed E-state index contributed by atoms with van der Waals surface area (Å²) in [4.78, 5) is 5.72. The van der Waals surface area contributed by atoms with Gasteiger partial charge in [-0.25, -0.2) is 4.98 Å². The van der Waals surface area contributed by atoms with Crippen LogP contribution in [0.2, 0.25) is 0 Å². The van der Waals surface area contributed by atoms with Crippen LogP contribution in [-0.2, 0) is 0 Å². The van der Waals surface area contributed by atoms with Crippen LogP contribution in [0, 0.1) is 0 Å². The smallest absolute Gasteiger partial charge is 0.126 e. The maximum Gasteiger partial charge on any atom is 0.126 e. The van der Waals surface area contributed by atoms with Gasteiger partial charge < -0.3 is 5.32 Å². The van der Waals surface area contributed by atoms with E-state index in [1.54, 1.807) is 11.3 Å². The first kappa shape index (κ1) is 9.21. The number of nitrogens with one attached hydrogen (secondary N) is 1. The second kappa shape index (κ2) is 4.24. The molecule has 0 atom stereocenters. The van der Waals surface area contributed by atoms with Crippen LogP contribution in [-0.4, -0.2) is 11.5 Å². The molecule has 2 aromatic rings. The highest BCUT2D eigenvalue weighted by Gasteiger charge is 2.00. The van der Waals surface area contributed by atoms with Crippen LogP contribution in [0.1, 0.15) is 6.92 Å². The normalized spacial score (nSPS) is 10.1. The van der Waals surface area contributed by atoms with Crippen molar-refractivity contribution in [1.29, 1.82) is 0 Å². The number of hydrogen-bond donors (Lipinski definition) is 1. The molecule has 0 aliphatic rings. The molecule has 0 aliphatic heterocycles. The average molecular weight is 204 g/mol. The van der Waals surface area contributed by atoms with Gasteiger partial charge in [-0.1, -0.05) is 12.1 Å². The molecule has 3 heteroatoms. The molecule has 0 unspecified atom stereocenters. The van der Waals surface area contributed by atoms with Crippen LogP contribution in [0.5, 0.6) is 0 Å². The van der Waals surface area contributed by atoms with Crippen LogP contribution < -0.4 is 5.32 Å². The molecule has 0 saturated heterocycles. The number of pyridine rings is 1. The number of nitrogens with zero attached hydrogens (tertiary/aromatic N) is 1. The topological polar surface area (TPSA) is 24.9 Å². The van der Waals surface area contributed by atoms with Gasteiger partial charge >= 0.3 is 0 Å². The lowest BCUT2D eigenvalue weighted by Gasteiger charge is -2.03. The Morgan fingerprint density at radius 2 is 2.21 bits per heavy atom. The number of anilines is 1. The van der Waals surface area contributed by atoms with E-state index in [-0.39, 0.29) is 0 Å². The first-order chi connectivity index (χ1) is 6.90. The molecule has 0 bridgehead atoms. The zero-order valence-electron chi connectivity index (χ0n) is 8.03. The van der Waals surface area contributed by atoms with Crippen molar-refractivity contribution in [2.24, 2.45) is 0 Å². The summed E-state index contributed by atoms with van der Waals surface area (Å²) in [7, 11) is 0. The van der Waals surface area contributed by atoms with E-state index in [9.17, 15) is 0 Å². The predicted octanol–water partition coefficient (Wildman–Crippen LogP) is 3.24. The fourth-order valence-corrected chi connectivity index (χ4v) is 1.97. The molecule has 72 valence electrons. The highest BCUT2D eigenvalue weighted by atomic mass is 32.1. The average Bonchev–Trinajstić information content (AvgIpc) is 2.71. The third-order valence-corrected chi connectivity index (χ3v) is 2.77. The van der Waals surface area contributed by atoms with Gasteiger partial charge in [-0.2, -0.15) is 0 Å². The van der Waals surface area contributed by atoms with E-state index in [0.717, 1.165) is 18.1 Å². The van der Waals surface area contributed by atoms with Crippen molar-refractivity contribution in [1.82, 2.24) is 4.98 Å². The lowest BCUT2D eigenvalue weighted by Crippen LogP contribution is -1.98. The maximum absolute atomic E-state index is 4.50. The SMILES string of the molecule is CCNc1cccc(-c2cccs2)n1. The standard InChI is InChI=1S/C11H12N2S/c1-2-12-11-7-3-5-9(13-11)10-6-4-8-14-10/h3-8H,2H2,1H3,(H,12,13). The second-order valence-corrected chi connectivity index (χ2v) is 3.86. The molecular formula is C11H12N2S. The first-order valence-electron chi connectivity index (χ1n) is 4.65. The Hall–Kier alpha value is -1.35. The summed E-state index contributed by atoms with van der Waals surface area (Å²) in [5.74, 6) is 0.943. The minimum absolute atomic E-state index is 0.904. The number of aromatic nitrogens is 1. The third-order valence-electron chi connectivity index (χ3n) is 1.88. The van der Waals surface area contributed by atoms with Gasteiger partial charge in [-0.05, 0) is 30.5 Å². The fraction of sp³-hybridized carbons (Fsp3) is 0.182. The van der Waals surface area contributed by atoms with Crippen molar-refractivity contribution < 1.29 is 0 Å². The third kappa shape index (κ3) is 1.93. The Bertz CT molecular complexity index is 395. The van der Waals surface area contributed by atoms with Crippen LogP contribution in [0.3, 0.4) is 0 Å². The van der Waals surface area contributed by atoms with Crippen LogP contribution in [0.25, 0.3) is 10.6 Å². The van der Waals surface area contributed by atoms with Gasteiger partial charge in [0.15, 0.2) is 0 Å². The minimum atomic E-state index is 0.904. The molecule has 0 spiro atoms. The van der Waals surface area contributed by atoms with Crippen molar-refractivity contribution in [3.63, 3.8) is 0 Å². The Morgan fingerprint density at radius 3 is 2.93 bits per heavy atom. The van der Waals surface area contributed by atoms with Gasteiger partial charge in [0.2, 0.25) is 0 Å². The van der Waals surface area contributed by atoms with E-state index in [1.807, 2.05) is 24.3 Å². The molecule has 0 fully saturated rings. The predicted molar refractivity (Wildman–Crippen MR) is 61.7 cm³/mol. The zero-order chi connectivity index (χ0) is 9.80. The van der Waals surface area contributed by atoms with E-state index >= 15 is 0 Å². The lowest BCUT2D eigenvalue weighted by molar-refractivity contribution is 1.16. The van der Waals surface area contributed by atoms with Gasteiger partial charge in [0.25, 0.3) is 0 Å².